The van der Waals surface area contributed by atoms with Gasteiger partial charge in [0.25, 0.3) is 0 Å². The molecule has 0 unspecified atom stereocenters. The fourth-order valence-corrected chi connectivity index (χ4v) is 1.31. The van der Waals surface area contributed by atoms with E-state index >= 15 is 0 Å². The summed E-state index contributed by atoms with van der Waals surface area (Å²) in [6.07, 6.45) is 3.80. The van der Waals surface area contributed by atoms with E-state index in [-0.39, 0.29) is 6.10 Å². The Balaban J connectivity index is 2.40. The van der Waals surface area contributed by atoms with E-state index in [4.69, 9.17) is 9.47 Å². The molecule has 1 aromatic heterocycles. The van der Waals surface area contributed by atoms with Crippen LogP contribution in [0.2, 0.25) is 0 Å². The zero-order valence-electron chi connectivity index (χ0n) is 10.2. The summed E-state index contributed by atoms with van der Waals surface area (Å²) in [4.78, 5) is 4.07. The minimum Gasteiger partial charge on any atom is -0.491 e. The molecule has 1 rings (SSSR count). The zero-order valence-corrected chi connectivity index (χ0v) is 10.2. The maximum atomic E-state index is 5.64. The highest BCUT2D eigenvalue weighted by atomic mass is 16.5. The van der Waals surface area contributed by atoms with Crippen molar-refractivity contribution in [1.82, 2.24) is 10.3 Å². The van der Waals surface area contributed by atoms with Crippen molar-refractivity contribution < 1.29 is 9.47 Å². The molecule has 0 saturated carbocycles. The second kappa shape index (κ2) is 7.19. The molecule has 0 atom stereocenters. The number of pyridine rings is 1. The number of rotatable bonds is 7. The molecule has 0 radical (unpaired) electrons. The summed E-state index contributed by atoms with van der Waals surface area (Å²) in [5, 5.41) is 3.08. The summed E-state index contributed by atoms with van der Waals surface area (Å²) in [7, 11) is 1.90. The second-order valence-electron chi connectivity index (χ2n) is 3.78. The summed E-state index contributed by atoms with van der Waals surface area (Å²) in [6, 6.07) is 1.88. The van der Waals surface area contributed by atoms with E-state index in [0.29, 0.717) is 13.2 Å². The molecule has 1 aromatic rings. The van der Waals surface area contributed by atoms with Crippen molar-refractivity contribution in [3.63, 3.8) is 0 Å². The Morgan fingerprint density at radius 3 is 2.88 bits per heavy atom. The monoisotopic (exact) mass is 224 g/mol. The van der Waals surface area contributed by atoms with Crippen molar-refractivity contribution in [1.29, 1.82) is 0 Å². The molecule has 0 aliphatic rings. The smallest absolute Gasteiger partial charge is 0.126 e. The van der Waals surface area contributed by atoms with E-state index in [2.05, 4.69) is 10.3 Å². The van der Waals surface area contributed by atoms with Crippen LogP contribution in [0.4, 0.5) is 0 Å². The Kier molecular flexibility index (Phi) is 5.82. The van der Waals surface area contributed by atoms with Crippen LogP contribution in [0.3, 0.4) is 0 Å². The van der Waals surface area contributed by atoms with Gasteiger partial charge in [0.15, 0.2) is 0 Å². The van der Waals surface area contributed by atoms with Gasteiger partial charge in [-0.15, -0.1) is 0 Å². The summed E-state index contributed by atoms with van der Waals surface area (Å²) in [5.41, 5.74) is 1.06. The van der Waals surface area contributed by atoms with E-state index in [1.165, 1.54) is 0 Å². The van der Waals surface area contributed by atoms with Gasteiger partial charge in [-0.25, -0.2) is 0 Å². The molecule has 0 aliphatic heterocycles. The maximum Gasteiger partial charge on any atom is 0.126 e. The first-order valence-corrected chi connectivity index (χ1v) is 5.56. The molecule has 0 amide bonds. The third-order valence-electron chi connectivity index (χ3n) is 2.02. The predicted molar refractivity (Wildman–Crippen MR) is 63.6 cm³/mol. The average molecular weight is 224 g/mol. The van der Waals surface area contributed by atoms with Gasteiger partial charge in [-0.3, -0.25) is 4.98 Å². The lowest BCUT2D eigenvalue weighted by Crippen LogP contribution is -2.13. The molecule has 0 aromatic carbocycles. The minimum atomic E-state index is 0.248. The van der Waals surface area contributed by atoms with Crippen LogP contribution in [0.5, 0.6) is 5.75 Å². The first-order valence-electron chi connectivity index (χ1n) is 5.56. The first kappa shape index (κ1) is 12.9. The van der Waals surface area contributed by atoms with Gasteiger partial charge in [0.2, 0.25) is 0 Å². The highest BCUT2D eigenvalue weighted by Crippen LogP contribution is 2.15. The third-order valence-corrected chi connectivity index (χ3v) is 2.02. The number of nitrogens with one attached hydrogen (secondary N) is 1. The second-order valence-corrected chi connectivity index (χ2v) is 3.78. The zero-order chi connectivity index (χ0) is 11.8. The van der Waals surface area contributed by atoms with Crippen LogP contribution in [0.15, 0.2) is 18.5 Å². The van der Waals surface area contributed by atoms with Crippen molar-refractivity contribution >= 4 is 0 Å². The van der Waals surface area contributed by atoms with Crippen LogP contribution in [-0.2, 0) is 11.3 Å². The van der Waals surface area contributed by atoms with Crippen LogP contribution in [-0.4, -0.2) is 31.3 Å². The SMILES string of the molecule is CNCc1cnccc1OCCOC(C)C. The van der Waals surface area contributed by atoms with Crippen LogP contribution in [0, 0.1) is 0 Å². The first-order chi connectivity index (χ1) is 7.74. The van der Waals surface area contributed by atoms with Gasteiger partial charge in [0.05, 0.1) is 12.7 Å². The van der Waals surface area contributed by atoms with E-state index in [0.717, 1.165) is 17.9 Å². The summed E-state index contributed by atoms with van der Waals surface area (Å²) in [6.45, 7) is 5.96. The quantitative estimate of drug-likeness (QED) is 0.714. The van der Waals surface area contributed by atoms with Gasteiger partial charge in [-0.1, -0.05) is 0 Å². The molecule has 0 bridgehead atoms. The Hall–Kier alpha value is -1.13. The van der Waals surface area contributed by atoms with Crippen molar-refractivity contribution in [3.05, 3.63) is 24.0 Å². The number of hydrogen-bond donors (Lipinski definition) is 1. The molecule has 16 heavy (non-hydrogen) atoms. The lowest BCUT2D eigenvalue weighted by molar-refractivity contribution is 0.0550. The van der Waals surface area contributed by atoms with Gasteiger partial charge in [0, 0.05) is 24.5 Å². The fourth-order valence-electron chi connectivity index (χ4n) is 1.31. The van der Waals surface area contributed by atoms with E-state index in [1.54, 1.807) is 6.20 Å². The Morgan fingerprint density at radius 1 is 1.38 bits per heavy atom. The molecule has 0 fully saturated rings. The molecule has 0 spiro atoms. The number of ether oxygens (including phenoxy) is 2. The summed E-state index contributed by atoms with van der Waals surface area (Å²) >= 11 is 0. The van der Waals surface area contributed by atoms with Crippen molar-refractivity contribution in [2.24, 2.45) is 0 Å². The average Bonchev–Trinajstić information content (AvgIpc) is 2.26. The molecule has 0 aliphatic carbocycles. The van der Waals surface area contributed by atoms with Crippen LogP contribution >= 0.6 is 0 Å². The maximum absolute atomic E-state index is 5.64. The molecule has 90 valence electrons. The van der Waals surface area contributed by atoms with Crippen molar-refractivity contribution in [2.45, 2.75) is 26.5 Å². The summed E-state index contributed by atoms with van der Waals surface area (Å²) in [5.74, 6) is 0.872. The molecule has 1 heterocycles. The van der Waals surface area contributed by atoms with Gasteiger partial charge in [-0.2, -0.15) is 0 Å². The Labute approximate surface area is 97.0 Å². The van der Waals surface area contributed by atoms with Crippen LogP contribution < -0.4 is 10.1 Å². The molecule has 0 saturated heterocycles. The summed E-state index contributed by atoms with van der Waals surface area (Å²) < 4.78 is 11.0. The third kappa shape index (κ3) is 4.59. The topological polar surface area (TPSA) is 43.4 Å². The number of hydrogen-bond acceptors (Lipinski definition) is 4. The molecule has 4 nitrogen and oxygen atoms in total. The van der Waals surface area contributed by atoms with E-state index in [9.17, 15) is 0 Å². The minimum absolute atomic E-state index is 0.248. The fraction of sp³-hybridized carbons (Fsp3) is 0.583. The van der Waals surface area contributed by atoms with Gasteiger partial charge in [-0.05, 0) is 27.0 Å². The normalized spacial score (nSPS) is 10.8. The highest BCUT2D eigenvalue weighted by molar-refractivity contribution is 5.29. The van der Waals surface area contributed by atoms with Gasteiger partial charge < -0.3 is 14.8 Å². The van der Waals surface area contributed by atoms with E-state index < -0.39 is 0 Å². The highest BCUT2D eigenvalue weighted by Gasteiger charge is 2.02. The van der Waals surface area contributed by atoms with Crippen LogP contribution in [0.1, 0.15) is 19.4 Å². The van der Waals surface area contributed by atoms with Gasteiger partial charge >= 0.3 is 0 Å². The standard InChI is InChI=1S/C12H20N2O2/c1-10(2)15-6-7-16-12-4-5-14-9-11(12)8-13-3/h4-5,9-10,13H,6-8H2,1-3H3. The predicted octanol–water partition coefficient (Wildman–Crippen LogP) is 1.60. The largest absolute Gasteiger partial charge is 0.491 e. The Bertz CT molecular complexity index is 303. The molecule has 4 heteroatoms. The van der Waals surface area contributed by atoms with E-state index in [1.807, 2.05) is 33.2 Å². The number of aromatic nitrogens is 1. The lowest BCUT2D eigenvalue weighted by Gasteiger charge is -2.12. The van der Waals surface area contributed by atoms with Crippen molar-refractivity contribution in [3.8, 4) is 5.75 Å². The molecule has 1 N–H and O–H groups in total. The van der Waals surface area contributed by atoms with Crippen molar-refractivity contribution in [2.75, 3.05) is 20.3 Å². The molecular weight excluding hydrogens is 204 g/mol. The molecular formula is C12H20N2O2. The van der Waals surface area contributed by atoms with Crippen LogP contribution in [0.25, 0.3) is 0 Å². The lowest BCUT2D eigenvalue weighted by atomic mass is 10.2. The number of nitrogens with zero attached hydrogens (tertiary/aromatic N) is 1. The Morgan fingerprint density at radius 2 is 2.19 bits per heavy atom. The van der Waals surface area contributed by atoms with Gasteiger partial charge in [0.1, 0.15) is 12.4 Å².